The van der Waals surface area contributed by atoms with E-state index in [4.69, 9.17) is 9.84 Å². The number of carbonyl (C=O) groups is 2. The van der Waals surface area contributed by atoms with Crippen LogP contribution in [0.4, 0.5) is 15.0 Å². The summed E-state index contributed by atoms with van der Waals surface area (Å²) in [5.74, 6) is -0.0321. The van der Waals surface area contributed by atoms with Crippen LogP contribution in [-0.2, 0) is 16.1 Å². The Bertz CT molecular complexity index is 1160. The van der Waals surface area contributed by atoms with Gasteiger partial charge in [0.25, 0.3) is 5.91 Å². The number of carbonyl (C=O) groups excluding carboxylic acids is 2. The lowest BCUT2D eigenvalue weighted by atomic mass is 10.0. The van der Waals surface area contributed by atoms with Gasteiger partial charge < -0.3 is 10.1 Å². The van der Waals surface area contributed by atoms with Crippen LogP contribution in [-0.4, -0.2) is 50.5 Å². The third kappa shape index (κ3) is 5.11. The lowest BCUT2D eigenvalue weighted by Crippen LogP contribution is -2.48. The molecular formula is C23H25FN6O3. The van der Waals surface area contributed by atoms with E-state index < -0.39 is 11.7 Å². The molecule has 0 spiro atoms. The first-order valence-corrected chi connectivity index (χ1v) is 10.5. The number of pyridine rings is 1. The molecule has 1 aromatic carbocycles. The summed E-state index contributed by atoms with van der Waals surface area (Å²) in [4.78, 5) is 28.7. The lowest BCUT2D eigenvalue weighted by Gasteiger charge is -2.30. The van der Waals surface area contributed by atoms with Crippen molar-refractivity contribution in [1.82, 2.24) is 25.1 Å². The van der Waals surface area contributed by atoms with Gasteiger partial charge in [-0.15, -0.1) is 0 Å². The van der Waals surface area contributed by atoms with E-state index in [1.54, 1.807) is 50.0 Å². The van der Waals surface area contributed by atoms with Crippen LogP contribution in [0.5, 0.6) is 0 Å². The molecule has 0 radical (unpaired) electrons. The molecule has 172 valence electrons. The number of halogens is 1. The Balaban J connectivity index is 1.59. The number of hydrogen-bond donors (Lipinski definition) is 2. The maximum absolute atomic E-state index is 13.5. The van der Waals surface area contributed by atoms with E-state index in [2.05, 4.69) is 15.7 Å². The lowest BCUT2D eigenvalue weighted by molar-refractivity contribution is -0.129. The Labute approximate surface area is 190 Å². The average molecular weight is 452 g/mol. The van der Waals surface area contributed by atoms with Crippen molar-refractivity contribution in [3.8, 4) is 22.4 Å². The fourth-order valence-electron chi connectivity index (χ4n) is 3.46. The number of benzene rings is 1. The van der Waals surface area contributed by atoms with Crippen LogP contribution < -0.4 is 10.7 Å². The molecule has 2 amide bonds. The summed E-state index contributed by atoms with van der Waals surface area (Å²) in [6.45, 7) is 5.83. The maximum Gasteiger partial charge on any atom is 0.408 e. The summed E-state index contributed by atoms with van der Waals surface area (Å²) in [5.41, 5.74) is 5.50. The number of alkyl carbamates (subject to hydrolysis) is 1. The second kappa shape index (κ2) is 8.89. The topological polar surface area (TPSA) is 101 Å². The van der Waals surface area contributed by atoms with Gasteiger partial charge >= 0.3 is 6.09 Å². The van der Waals surface area contributed by atoms with Crippen molar-refractivity contribution in [2.45, 2.75) is 32.9 Å². The Morgan fingerprint density at radius 1 is 1.09 bits per heavy atom. The number of amides is 2. The molecule has 3 heterocycles. The summed E-state index contributed by atoms with van der Waals surface area (Å²) in [6, 6.07) is 9.80. The zero-order valence-electron chi connectivity index (χ0n) is 18.6. The number of hydrogen-bond acceptors (Lipinski definition) is 6. The number of ether oxygens (including phenoxy) is 1. The van der Waals surface area contributed by atoms with E-state index >= 15 is 0 Å². The molecule has 2 N–H and O–H groups in total. The van der Waals surface area contributed by atoms with E-state index in [9.17, 15) is 14.0 Å². The molecule has 0 fully saturated rings. The minimum Gasteiger partial charge on any atom is -0.444 e. The molecule has 0 bridgehead atoms. The van der Waals surface area contributed by atoms with Crippen LogP contribution in [0.25, 0.3) is 22.4 Å². The van der Waals surface area contributed by atoms with Crippen LogP contribution in [0, 0.1) is 5.82 Å². The van der Waals surface area contributed by atoms with Crippen molar-refractivity contribution in [1.29, 1.82) is 0 Å². The van der Waals surface area contributed by atoms with Gasteiger partial charge in [-0.1, -0.05) is 0 Å². The van der Waals surface area contributed by atoms with E-state index in [0.717, 1.165) is 16.7 Å². The first kappa shape index (κ1) is 22.3. The Morgan fingerprint density at radius 2 is 1.79 bits per heavy atom. The predicted molar refractivity (Wildman–Crippen MR) is 120 cm³/mol. The Morgan fingerprint density at radius 3 is 2.45 bits per heavy atom. The Hall–Kier alpha value is -3.95. The van der Waals surface area contributed by atoms with Gasteiger partial charge in [0.2, 0.25) is 0 Å². The van der Waals surface area contributed by atoms with Gasteiger partial charge in [0.15, 0.2) is 5.82 Å². The molecule has 4 rings (SSSR count). The highest BCUT2D eigenvalue weighted by Gasteiger charge is 2.28. The highest BCUT2D eigenvalue weighted by Crippen LogP contribution is 2.38. The van der Waals surface area contributed by atoms with Crippen molar-refractivity contribution in [2.75, 3.05) is 18.5 Å². The second-order valence-corrected chi connectivity index (χ2v) is 8.55. The summed E-state index contributed by atoms with van der Waals surface area (Å²) < 4.78 is 20.4. The summed E-state index contributed by atoms with van der Waals surface area (Å²) in [7, 11) is 0. The number of rotatable bonds is 4. The van der Waals surface area contributed by atoms with Gasteiger partial charge in [0, 0.05) is 18.0 Å². The molecule has 33 heavy (non-hydrogen) atoms. The van der Waals surface area contributed by atoms with Crippen LogP contribution >= 0.6 is 0 Å². The third-order valence-electron chi connectivity index (χ3n) is 4.90. The monoisotopic (exact) mass is 452 g/mol. The van der Waals surface area contributed by atoms with E-state index in [0.29, 0.717) is 24.6 Å². The molecule has 3 aromatic rings. The fraction of sp³-hybridized carbons (Fsp3) is 0.304. The number of nitrogens with one attached hydrogen (secondary N) is 2. The first-order valence-electron chi connectivity index (χ1n) is 10.5. The van der Waals surface area contributed by atoms with Crippen LogP contribution in [0.1, 0.15) is 20.8 Å². The SMILES string of the molecule is CC(C)(C)OC(=O)NCC(=O)N1CCn2nc(-c3ccc(F)cc3)c(-c3ccncc3)c2N1. The van der Waals surface area contributed by atoms with Crippen molar-refractivity contribution in [3.63, 3.8) is 0 Å². The average Bonchev–Trinajstić information content (AvgIpc) is 3.16. The summed E-state index contributed by atoms with van der Waals surface area (Å²) in [6.07, 6.45) is 2.68. The summed E-state index contributed by atoms with van der Waals surface area (Å²) in [5, 5.41) is 8.64. The van der Waals surface area contributed by atoms with Crippen LogP contribution in [0.15, 0.2) is 48.8 Å². The molecule has 0 aliphatic carbocycles. The maximum atomic E-state index is 13.5. The van der Waals surface area contributed by atoms with Gasteiger partial charge in [-0.2, -0.15) is 5.10 Å². The first-order chi connectivity index (χ1) is 15.7. The zero-order valence-corrected chi connectivity index (χ0v) is 18.6. The van der Waals surface area contributed by atoms with Gasteiger partial charge in [0.05, 0.1) is 18.7 Å². The largest absolute Gasteiger partial charge is 0.444 e. The van der Waals surface area contributed by atoms with Crippen LogP contribution in [0.2, 0.25) is 0 Å². The zero-order chi connectivity index (χ0) is 23.6. The van der Waals surface area contributed by atoms with E-state index in [1.807, 2.05) is 12.1 Å². The van der Waals surface area contributed by atoms with Crippen molar-refractivity contribution < 1.29 is 18.7 Å². The smallest absolute Gasteiger partial charge is 0.408 e. The summed E-state index contributed by atoms with van der Waals surface area (Å²) >= 11 is 0. The number of anilines is 1. The molecule has 0 saturated carbocycles. The molecule has 0 atom stereocenters. The van der Waals surface area contributed by atoms with Crippen molar-refractivity contribution >= 4 is 17.8 Å². The molecule has 1 aliphatic rings. The minimum atomic E-state index is -0.658. The highest BCUT2D eigenvalue weighted by molar-refractivity contribution is 5.90. The van der Waals surface area contributed by atoms with E-state index in [1.165, 1.54) is 17.1 Å². The predicted octanol–water partition coefficient (Wildman–Crippen LogP) is 3.45. The number of fused-ring (bicyclic) bond motifs is 1. The molecular weight excluding hydrogens is 427 g/mol. The highest BCUT2D eigenvalue weighted by atomic mass is 19.1. The molecule has 10 heteroatoms. The number of aromatic nitrogens is 3. The fourth-order valence-corrected chi connectivity index (χ4v) is 3.46. The number of nitrogens with zero attached hydrogens (tertiary/aromatic N) is 4. The third-order valence-corrected chi connectivity index (χ3v) is 4.90. The molecule has 1 aliphatic heterocycles. The number of hydrazine groups is 1. The Kier molecular flexibility index (Phi) is 5.99. The quantitative estimate of drug-likeness (QED) is 0.629. The van der Waals surface area contributed by atoms with Crippen molar-refractivity contribution in [3.05, 3.63) is 54.6 Å². The minimum absolute atomic E-state index is 0.217. The van der Waals surface area contributed by atoms with Crippen LogP contribution in [0.3, 0.4) is 0 Å². The van der Waals surface area contributed by atoms with E-state index in [-0.39, 0.29) is 18.3 Å². The molecule has 2 aromatic heterocycles. The molecule has 0 unspecified atom stereocenters. The molecule has 9 nitrogen and oxygen atoms in total. The molecule has 0 saturated heterocycles. The van der Waals surface area contributed by atoms with Gasteiger partial charge in [-0.25, -0.2) is 13.9 Å². The van der Waals surface area contributed by atoms with Crippen molar-refractivity contribution in [2.24, 2.45) is 0 Å². The van der Waals surface area contributed by atoms with Gasteiger partial charge in [-0.3, -0.25) is 20.2 Å². The van der Waals surface area contributed by atoms with Gasteiger partial charge in [0.1, 0.15) is 23.7 Å². The second-order valence-electron chi connectivity index (χ2n) is 8.55. The van der Waals surface area contributed by atoms with Gasteiger partial charge in [-0.05, 0) is 62.7 Å². The normalized spacial score (nSPS) is 13.2. The standard InChI is InChI=1S/C23H25FN6O3/c1-23(2,3)33-22(32)26-14-18(31)29-12-13-30-21(28-29)19(15-8-10-25-11-9-15)20(27-30)16-4-6-17(24)7-5-16/h4-11,28H,12-14H2,1-3H3,(H,26,32).